The van der Waals surface area contributed by atoms with Gasteiger partial charge in [0.1, 0.15) is 0 Å². The van der Waals surface area contributed by atoms with E-state index < -0.39 is 0 Å². The molecule has 1 aromatic rings. The zero-order valence-electron chi connectivity index (χ0n) is 11.5. The van der Waals surface area contributed by atoms with Gasteiger partial charge in [0, 0.05) is 38.6 Å². The third-order valence-electron chi connectivity index (χ3n) is 4.42. The number of rotatable bonds is 2. The third-order valence-corrected chi connectivity index (χ3v) is 4.42. The number of anilines is 1. The molecule has 5 heteroatoms. The Hall–Kier alpha value is -1.36. The van der Waals surface area contributed by atoms with Crippen molar-refractivity contribution in [3.63, 3.8) is 0 Å². The Kier molecular flexibility index (Phi) is 3.55. The number of nitrogens with zero attached hydrogens (tertiary/aromatic N) is 3. The summed E-state index contributed by atoms with van der Waals surface area (Å²) in [5.41, 5.74) is 0.0162. The number of hydrogen-bond acceptors (Lipinski definition) is 4. The minimum atomic E-state index is 0.0162. The predicted molar refractivity (Wildman–Crippen MR) is 75.4 cm³/mol. The topological polar surface area (TPSA) is 50.2 Å². The molecule has 0 aliphatic carbocycles. The van der Waals surface area contributed by atoms with Gasteiger partial charge < -0.3 is 14.8 Å². The number of piperidine rings is 1. The molecular weight excluding hydrogens is 240 g/mol. The summed E-state index contributed by atoms with van der Waals surface area (Å²) in [6.45, 7) is 3.06. The van der Waals surface area contributed by atoms with Crippen molar-refractivity contribution in [1.29, 1.82) is 0 Å². The Balaban J connectivity index is 1.77. The summed E-state index contributed by atoms with van der Waals surface area (Å²) in [5, 5.41) is 3.59. The molecule has 1 N–H and O–H groups in total. The Bertz CT molecular complexity index is 492. The highest BCUT2D eigenvalue weighted by molar-refractivity contribution is 5.36. The van der Waals surface area contributed by atoms with Gasteiger partial charge in [-0.05, 0) is 38.1 Å². The molecule has 104 valence electrons. The van der Waals surface area contributed by atoms with Crippen LogP contribution in [-0.2, 0) is 7.05 Å². The summed E-state index contributed by atoms with van der Waals surface area (Å²) >= 11 is 0. The molecule has 1 aromatic heterocycles. The highest BCUT2D eigenvalue weighted by atomic mass is 16.1. The van der Waals surface area contributed by atoms with Crippen molar-refractivity contribution < 1.29 is 0 Å². The van der Waals surface area contributed by atoms with Gasteiger partial charge >= 0.3 is 0 Å². The molecule has 0 bridgehead atoms. The van der Waals surface area contributed by atoms with Gasteiger partial charge in [-0.3, -0.25) is 4.79 Å². The summed E-state index contributed by atoms with van der Waals surface area (Å²) in [6, 6.07) is 0.635. The van der Waals surface area contributed by atoms with Gasteiger partial charge in [-0.15, -0.1) is 0 Å². The summed E-state index contributed by atoms with van der Waals surface area (Å²) in [7, 11) is 1.79. The molecule has 2 unspecified atom stereocenters. The highest BCUT2D eigenvalue weighted by Crippen LogP contribution is 2.26. The first kappa shape index (κ1) is 12.7. The number of aromatic nitrogens is 2. The van der Waals surface area contributed by atoms with Crippen LogP contribution in [0.3, 0.4) is 0 Å². The molecule has 2 aliphatic heterocycles. The van der Waals surface area contributed by atoms with Crippen LogP contribution >= 0.6 is 0 Å². The lowest BCUT2D eigenvalue weighted by molar-refractivity contribution is 0.327. The van der Waals surface area contributed by atoms with Gasteiger partial charge in [0.15, 0.2) is 5.82 Å². The molecule has 0 aromatic carbocycles. The van der Waals surface area contributed by atoms with Crippen molar-refractivity contribution in [2.45, 2.75) is 31.7 Å². The zero-order valence-corrected chi connectivity index (χ0v) is 11.5. The predicted octanol–water partition coefficient (Wildman–Crippen LogP) is 0.749. The summed E-state index contributed by atoms with van der Waals surface area (Å²) in [5.74, 6) is 1.27. The van der Waals surface area contributed by atoms with Gasteiger partial charge in [0.2, 0.25) is 0 Å². The first-order valence-corrected chi connectivity index (χ1v) is 7.25. The van der Waals surface area contributed by atoms with E-state index in [4.69, 9.17) is 0 Å². The fourth-order valence-electron chi connectivity index (χ4n) is 3.35. The van der Waals surface area contributed by atoms with Gasteiger partial charge in [0.05, 0.1) is 0 Å². The molecule has 3 heterocycles. The molecule has 0 saturated carbocycles. The molecule has 2 fully saturated rings. The van der Waals surface area contributed by atoms with Crippen LogP contribution in [-0.4, -0.2) is 35.2 Å². The van der Waals surface area contributed by atoms with Crippen LogP contribution in [0.2, 0.25) is 0 Å². The van der Waals surface area contributed by atoms with E-state index in [-0.39, 0.29) is 5.56 Å². The van der Waals surface area contributed by atoms with Crippen molar-refractivity contribution in [3.05, 3.63) is 22.7 Å². The Morgan fingerprint density at radius 2 is 2.26 bits per heavy atom. The van der Waals surface area contributed by atoms with Crippen molar-refractivity contribution >= 4 is 5.82 Å². The molecule has 2 saturated heterocycles. The molecule has 2 atom stereocenters. The van der Waals surface area contributed by atoms with Crippen molar-refractivity contribution in [2.24, 2.45) is 13.0 Å². The van der Waals surface area contributed by atoms with Crippen LogP contribution in [0.4, 0.5) is 5.82 Å². The van der Waals surface area contributed by atoms with Crippen LogP contribution in [0.15, 0.2) is 17.2 Å². The van der Waals surface area contributed by atoms with Gasteiger partial charge in [-0.1, -0.05) is 0 Å². The lowest BCUT2D eigenvalue weighted by Crippen LogP contribution is -2.45. The van der Waals surface area contributed by atoms with E-state index in [2.05, 4.69) is 15.2 Å². The average molecular weight is 262 g/mol. The molecule has 0 spiro atoms. The van der Waals surface area contributed by atoms with Crippen LogP contribution in [0.1, 0.15) is 25.7 Å². The average Bonchev–Trinajstić information content (AvgIpc) is 2.96. The Labute approximate surface area is 113 Å². The Morgan fingerprint density at radius 3 is 3.05 bits per heavy atom. The lowest BCUT2D eigenvalue weighted by Gasteiger charge is -2.36. The minimum absolute atomic E-state index is 0.0162. The second-order valence-electron chi connectivity index (χ2n) is 5.72. The molecule has 5 nitrogen and oxygen atoms in total. The fourth-order valence-corrected chi connectivity index (χ4v) is 3.35. The van der Waals surface area contributed by atoms with Crippen molar-refractivity contribution in [1.82, 2.24) is 14.9 Å². The molecule has 0 amide bonds. The fraction of sp³-hybridized carbons (Fsp3) is 0.714. The maximum Gasteiger partial charge on any atom is 0.293 e. The van der Waals surface area contributed by atoms with E-state index in [1.165, 1.54) is 19.3 Å². The number of aryl methyl sites for hydroxylation is 1. The second kappa shape index (κ2) is 5.33. The van der Waals surface area contributed by atoms with Crippen LogP contribution in [0.5, 0.6) is 0 Å². The van der Waals surface area contributed by atoms with E-state index in [0.29, 0.717) is 17.8 Å². The molecule has 3 rings (SSSR count). The first-order chi connectivity index (χ1) is 9.25. The standard InChI is InChI=1S/C14H22N4O/c1-17-9-7-16-13(14(17)19)18-8-3-4-11(10-18)12-5-2-6-15-12/h7,9,11-12,15H,2-6,8,10H2,1H3. The second-order valence-corrected chi connectivity index (χ2v) is 5.72. The van der Waals surface area contributed by atoms with Gasteiger partial charge in [-0.2, -0.15) is 0 Å². The van der Waals surface area contributed by atoms with Crippen LogP contribution in [0.25, 0.3) is 0 Å². The van der Waals surface area contributed by atoms with E-state index >= 15 is 0 Å². The van der Waals surface area contributed by atoms with E-state index in [9.17, 15) is 4.79 Å². The van der Waals surface area contributed by atoms with Crippen molar-refractivity contribution in [2.75, 3.05) is 24.5 Å². The van der Waals surface area contributed by atoms with Gasteiger partial charge in [-0.25, -0.2) is 4.98 Å². The summed E-state index contributed by atoms with van der Waals surface area (Å²) in [4.78, 5) is 18.6. The largest absolute Gasteiger partial charge is 0.352 e. The maximum atomic E-state index is 12.1. The molecular formula is C14H22N4O. The normalized spacial score (nSPS) is 27.7. The van der Waals surface area contributed by atoms with Crippen molar-refractivity contribution in [3.8, 4) is 0 Å². The van der Waals surface area contributed by atoms with Crippen LogP contribution in [0, 0.1) is 5.92 Å². The van der Waals surface area contributed by atoms with E-state index in [0.717, 1.165) is 26.1 Å². The van der Waals surface area contributed by atoms with Gasteiger partial charge in [0.25, 0.3) is 5.56 Å². The summed E-state index contributed by atoms with van der Waals surface area (Å²) < 4.78 is 1.61. The monoisotopic (exact) mass is 262 g/mol. The maximum absolute atomic E-state index is 12.1. The first-order valence-electron chi connectivity index (χ1n) is 7.25. The number of nitrogens with one attached hydrogen (secondary N) is 1. The smallest absolute Gasteiger partial charge is 0.293 e. The van der Waals surface area contributed by atoms with E-state index in [1.807, 2.05) is 0 Å². The SMILES string of the molecule is Cn1ccnc(N2CCCC(C3CCCN3)C2)c1=O. The van der Waals surface area contributed by atoms with E-state index in [1.54, 1.807) is 24.0 Å². The summed E-state index contributed by atoms with van der Waals surface area (Å²) in [6.07, 6.45) is 8.41. The highest BCUT2D eigenvalue weighted by Gasteiger charge is 2.30. The quantitative estimate of drug-likeness (QED) is 0.854. The zero-order chi connectivity index (χ0) is 13.2. The lowest BCUT2D eigenvalue weighted by atomic mass is 9.90. The number of hydrogen-bond donors (Lipinski definition) is 1. The molecule has 2 aliphatic rings. The Morgan fingerprint density at radius 1 is 1.37 bits per heavy atom. The molecule has 0 radical (unpaired) electrons. The van der Waals surface area contributed by atoms with Crippen LogP contribution < -0.4 is 15.8 Å². The third kappa shape index (κ3) is 2.52. The minimum Gasteiger partial charge on any atom is -0.352 e. The molecule has 19 heavy (non-hydrogen) atoms.